The molecule has 4 N–H and O–H groups in total. The number of nitrogen functional groups attached to an aromatic ring is 1. The summed E-state index contributed by atoms with van der Waals surface area (Å²) >= 11 is 1.49. The first kappa shape index (κ1) is 13.3. The van der Waals surface area contributed by atoms with Crippen LogP contribution in [-0.4, -0.2) is 12.5 Å². The summed E-state index contributed by atoms with van der Waals surface area (Å²) in [5.41, 5.74) is 4.63. The van der Waals surface area contributed by atoms with Gasteiger partial charge < -0.3 is 10.8 Å². The SMILES string of the molecule is N=Cc1ccc(Sc2ccccc2C=O)cc1NN. The van der Waals surface area contributed by atoms with Gasteiger partial charge in [-0.15, -0.1) is 0 Å². The zero-order valence-electron chi connectivity index (χ0n) is 10.1. The molecule has 0 spiro atoms. The van der Waals surface area contributed by atoms with Crippen molar-refractivity contribution in [3.05, 3.63) is 53.6 Å². The first-order valence-electron chi connectivity index (χ1n) is 5.61. The molecule has 0 bridgehead atoms. The molecular formula is C14H13N3OS. The zero-order chi connectivity index (χ0) is 13.7. The Labute approximate surface area is 115 Å². The number of nitrogens with two attached hydrogens (primary N) is 1. The van der Waals surface area contributed by atoms with Gasteiger partial charge in [0.1, 0.15) is 0 Å². The lowest BCUT2D eigenvalue weighted by Gasteiger charge is -2.08. The average molecular weight is 271 g/mol. The molecule has 2 aromatic carbocycles. The lowest BCUT2D eigenvalue weighted by molar-refractivity contribution is 0.112. The molecule has 0 saturated carbocycles. The van der Waals surface area contributed by atoms with Crippen molar-refractivity contribution < 1.29 is 4.79 Å². The molecule has 0 atom stereocenters. The van der Waals surface area contributed by atoms with E-state index < -0.39 is 0 Å². The van der Waals surface area contributed by atoms with E-state index in [9.17, 15) is 4.79 Å². The maximum absolute atomic E-state index is 11.0. The number of anilines is 1. The molecule has 4 nitrogen and oxygen atoms in total. The number of hydrogen-bond acceptors (Lipinski definition) is 5. The summed E-state index contributed by atoms with van der Waals surface area (Å²) in [7, 11) is 0. The van der Waals surface area contributed by atoms with Gasteiger partial charge in [0.15, 0.2) is 6.29 Å². The molecule has 0 fully saturated rings. The maximum Gasteiger partial charge on any atom is 0.151 e. The fraction of sp³-hybridized carbons (Fsp3) is 0. The largest absolute Gasteiger partial charge is 0.323 e. The lowest BCUT2D eigenvalue weighted by Crippen LogP contribution is -2.09. The van der Waals surface area contributed by atoms with E-state index in [2.05, 4.69) is 5.43 Å². The molecule has 0 heterocycles. The Morgan fingerprint density at radius 2 is 1.95 bits per heavy atom. The van der Waals surface area contributed by atoms with Gasteiger partial charge >= 0.3 is 0 Å². The highest BCUT2D eigenvalue weighted by atomic mass is 32.2. The molecule has 0 aliphatic heterocycles. The highest BCUT2D eigenvalue weighted by Crippen LogP contribution is 2.32. The standard InChI is InChI=1S/C14H13N3OS/c15-8-10-5-6-12(7-13(10)17-16)19-14-4-2-1-3-11(14)9-18/h1-9,15,17H,16H2. The summed E-state index contributed by atoms with van der Waals surface area (Å²) in [6.07, 6.45) is 2.08. The normalized spacial score (nSPS) is 9.95. The van der Waals surface area contributed by atoms with Gasteiger partial charge in [-0.25, -0.2) is 0 Å². The second kappa shape index (κ2) is 6.17. The number of carbonyl (C=O) groups excluding carboxylic acids is 1. The van der Waals surface area contributed by atoms with Gasteiger partial charge in [-0.2, -0.15) is 0 Å². The van der Waals surface area contributed by atoms with Gasteiger partial charge in [-0.3, -0.25) is 10.6 Å². The van der Waals surface area contributed by atoms with Crippen molar-refractivity contribution in [1.82, 2.24) is 0 Å². The Morgan fingerprint density at radius 1 is 1.16 bits per heavy atom. The molecule has 0 saturated heterocycles. The summed E-state index contributed by atoms with van der Waals surface area (Å²) in [6, 6.07) is 13.0. The van der Waals surface area contributed by atoms with Crippen molar-refractivity contribution in [1.29, 1.82) is 5.41 Å². The van der Waals surface area contributed by atoms with Crippen LogP contribution in [0.1, 0.15) is 15.9 Å². The van der Waals surface area contributed by atoms with Crippen LogP contribution in [0.5, 0.6) is 0 Å². The minimum absolute atomic E-state index is 0.658. The number of benzene rings is 2. The molecule has 2 rings (SSSR count). The number of carbonyl (C=O) groups is 1. The van der Waals surface area contributed by atoms with Gasteiger partial charge in [0, 0.05) is 27.1 Å². The predicted molar refractivity (Wildman–Crippen MR) is 78.1 cm³/mol. The summed E-state index contributed by atoms with van der Waals surface area (Å²) in [4.78, 5) is 12.8. The third kappa shape index (κ3) is 3.01. The molecule has 0 aliphatic carbocycles. The van der Waals surface area contributed by atoms with Crippen LogP contribution in [0.2, 0.25) is 0 Å². The van der Waals surface area contributed by atoms with Crippen molar-refractivity contribution in [2.45, 2.75) is 9.79 Å². The van der Waals surface area contributed by atoms with Crippen molar-refractivity contribution in [2.75, 3.05) is 5.43 Å². The van der Waals surface area contributed by atoms with Gasteiger partial charge in [0.25, 0.3) is 0 Å². The van der Waals surface area contributed by atoms with Gasteiger partial charge in [-0.05, 0) is 18.2 Å². The summed E-state index contributed by atoms with van der Waals surface area (Å²) < 4.78 is 0. The molecule has 0 aromatic heterocycles. The Kier molecular flexibility index (Phi) is 4.33. The topological polar surface area (TPSA) is 79.0 Å². The summed E-state index contributed by atoms with van der Waals surface area (Å²) in [6.45, 7) is 0. The summed E-state index contributed by atoms with van der Waals surface area (Å²) in [5.74, 6) is 5.43. The second-order valence-electron chi connectivity index (χ2n) is 3.80. The van der Waals surface area contributed by atoms with E-state index in [0.717, 1.165) is 21.6 Å². The Balaban J connectivity index is 2.33. The van der Waals surface area contributed by atoms with Crippen LogP contribution in [0.3, 0.4) is 0 Å². The third-order valence-electron chi connectivity index (χ3n) is 2.61. The van der Waals surface area contributed by atoms with Crippen molar-refractivity contribution in [3.63, 3.8) is 0 Å². The highest BCUT2D eigenvalue weighted by molar-refractivity contribution is 7.99. The molecule has 19 heavy (non-hydrogen) atoms. The van der Waals surface area contributed by atoms with Crippen LogP contribution >= 0.6 is 11.8 Å². The number of hydrazine groups is 1. The third-order valence-corrected chi connectivity index (χ3v) is 3.69. The fourth-order valence-electron chi connectivity index (χ4n) is 1.65. The molecule has 0 radical (unpaired) electrons. The van der Waals surface area contributed by atoms with E-state index in [4.69, 9.17) is 11.3 Å². The van der Waals surface area contributed by atoms with Crippen LogP contribution in [-0.2, 0) is 0 Å². The highest BCUT2D eigenvalue weighted by Gasteiger charge is 2.05. The Morgan fingerprint density at radius 3 is 2.63 bits per heavy atom. The molecule has 0 aliphatic rings. The minimum atomic E-state index is 0.658. The van der Waals surface area contributed by atoms with E-state index in [1.807, 2.05) is 36.4 Å². The average Bonchev–Trinajstić information content (AvgIpc) is 2.47. The molecule has 2 aromatic rings. The van der Waals surface area contributed by atoms with Crippen LogP contribution in [0.4, 0.5) is 5.69 Å². The first-order valence-corrected chi connectivity index (χ1v) is 6.43. The fourth-order valence-corrected chi connectivity index (χ4v) is 2.59. The smallest absolute Gasteiger partial charge is 0.151 e. The molecule has 0 amide bonds. The Hall–Kier alpha value is -2.11. The van der Waals surface area contributed by atoms with E-state index in [-0.39, 0.29) is 0 Å². The van der Waals surface area contributed by atoms with Gasteiger partial charge in [0.05, 0.1) is 5.69 Å². The van der Waals surface area contributed by atoms with Crippen LogP contribution in [0, 0.1) is 5.41 Å². The van der Waals surface area contributed by atoms with Crippen LogP contribution < -0.4 is 11.3 Å². The molecule has 0 unspecified atom stereocenters. The molecule has 96 valence electrons. The maximum atomic E-state index is 11.0. The Bertz CT molecular complexity index is 613. The van der Waals surface area contributed by atoms with Gasteiger partial charge in [0.2, 0.25) is 0 Å². The van der Waals surface area contributed by atoms with Crippen molar-refractivity contribution in [2.24, 2.45) is 5.84 Å². The molecular weight excluding hydrogens is 258 g/mol. The first-order chi connectivity index (χ1) is 9.28. The quantitative estimate of drug-likeness (QED) is 0.338. The van der Waals surface area contributed by atoms with E-state index in [0.29, 0.717) is 11.3 Å². The van der Waals surface area contributed by atoms with Gasteiger partial charge in [-0.1, -0.05) is 36.0 Å². The lowest BCUT2D eigenvalue weighted by atomic mass is 10.2. The van der Waals surface area contributed by atoms with E-state index >= 15 is 0 Å². The molecule has 5 heteroatoms. The van der Waals surface area contributed by atoms with Crippen LogP contribution in [0.15, 0.2) is 52.3 Å². The van der Waals surface area contributed by atoms with E-state index in [1.54, 1.807) is 6.07 Å². The number of rotatable bonds is 5. The van der Waals surface area contributed by atoms with Crippen molar-refractivity contribution in [3.8, 4) is 0 Å². The second-order valence-corrected chi connectivity index (χ2v) is 4.91. The number of nitrogens with one attached hydrogen (secondary N) is 2. The number of aldehydes is 1. The number of hydrogen-bond donors (Lipinski definition) is 3. The minimum Gasteiger partial charge on any atom is -0.323 e. The summed E-state index contributed by atoms with van der Waals surface area (Å²) in [5, 5.41) is 7.27. The zero-order valence-corrected chi connectivity index (χ0v) is 10.9. The van der Waals surface area contributed by atoms with Crippen molar-refractivity contribution >= 4 is 30.0 Å². The van der Waals surface area contributed by atoms with E-state index in [1.165, 1.54) is 18.0 Å². The monoisotopic (exact) mass is 271 g/mol. The predicted octanol–water partition coefficient (Wildman–Crippen LogP) is 2.93. The van der Waals surface area contributed by atoms with Crippen LogP contribution in [0.25, 0.3) is 0 Å².